The average Bonchev–Trinajstić information content (AvgIpc) is 3.16. The molecule has 27 heavy (non-hydrogen) atoms. The largest absolute Gasteiger partial charge is 0.615 e. The Morgan fingerprint density at radius 1 is 1.19 bits per heavy atom. The summed E-state index contributed by atoms with van der Waals surface area (Å²) < 4.78 is 11.7. The van der Waals surface area contributed by atoms with Gasteiger partial charge in [-0.25, -0.2) is 0 Å². The third-order valence-corrected chi connectivity index (χ3v) is 5.91. The first kappa shape index (κ1) is 19.5. The van der Waals surface area contributed by atoms with E-state index in [0.29, 0.717) is 19.3 Å². The van der Waals surface area contributed by atoms with Crippen LogP contribution < -0.4 is 5.32 Å². The van der Waals surface area contributed by atoms with Crippen molar-refractivity contribution in [3.8, 4) is 11.1 Å². The molecule has 0 saturated carbocycles. The Hall–Kier alpha value is -2.31. The van der Waals surface area contributed by atoms with Crippen LogP contribution in [0.2, 0.25) is 0 Å². The zero-order valence-electron chi connectivity index (χ0n) is 15.6. The highest BCUT2D eigenvalue weighted by Gasteiger charge is 2.29. The maximum absolute atomic E-state index is 11.7. The lowest BCUT2D eigenvalue weighted by molar-refractivity contribution is -0.109. The molecule has 6 heteroatoms. The van der Waals surface area contributed by atoms with Gasteiger partial charge in [0.1, 0.15) is 6.10 Å². The van der Waals surface area contributed by atoms with Gasteiger partial charge in [0.25, 0.3) is 0 Å². The van der Waals surface area contributed by atoms with Gasteiger partial charge in [-0.1, -0.05) is 60.6 Å². The number of amides is 1. The smallest absolute Gasteiger partial charge is 0.210 e. The highest BCUT2D eigenvalue weighted by Crippen LogP contribution is 2.24. The van der Waals surface area contributed by atoms with Crippen molar-refractivity contribution in [2.75, 3.05) is 6.26 Å². The van der Waals surface area contributed by atoms with Gasteiger partial charge in [0.15, 0.2) is 5.37 Å². The molecule has 0 aromatic heterocycles. The van der Waals surface area contributed by atoms with Crippen molar-refractivity contribution in [3.63, 3.8) is 0 Å². The fourth-order valence-corrected chi connectivity index (χ4v) is 3.86. The van der Waals surface area contributed by atoms with Crippen molar-refractivity contribution in [2.24, 2.45) is 5.16 Å². The topological polar surface area (TPSA) is 73.8 Å². The third-order valence-electron chi connectivity index (χ3n) is 4.78. The van der Waals surface area contributed by atoms with Crippen molar-refractivity contribution in [3.05, 3.63) is 59.7 Å². The van der Waals surface area contributed by atoms with E-state index in [1.54, 1.807) is 6.26 Å². The van der Waals surface area contributed by atoms with Crippen LogP contribution in [0, 0.1) is 0 Å². The van der Waals surface area contributed by atoms with Crippen LogP contribution in [0.25, 0.3) is 11.1 Å². The lowest BCUT2D eigenvalue weighted by atomic mass is 9.98. The first-order valence-electron chi connectivity index (χ1n) is 9.05. The molecule has 2 aromatic rings. The number of carbonyl (C=O) groups excluding carboxylic acids is 1. The summed E-state index contributed by atoms with van der Waals surface area (Å²) in [6.07, 6.45) is 4.12. The van der Waals surface area contributed by atoms with Gasteiger partial charge in [0.05, 0.1) is 18.4 Å². The minimum absolute atomic E-state index is 0.178. The highest BCUT2D eigenvalue weighted by atomic mass is 32.2. The quantitative estimate of drug-likeness (QED) is 0.561. The molecule has 0 aliphatic carbocycles. The van der Waals surface area contributed by atoms with E-state index in [-0.39, 0.29) is 6.10 Å². The number of nitrogens with one attached hydrogen (secondary N) is 1. The van der Waals surface area contributed by atoms with Crippen LogP contribution in [-0.2, 0) is 27.2 Å². The fraction of sp³-hybridized carbons (Fsp3) is 0.333. The normalized spacial score (nSPS) is 18.3. The first-order valence-corrected chi connectivity index (χ1v) is 10.7. The molecule has 0 radical (unpaired) electrons. The Balaban J connectivity index is 1.63. The number of oxime groups is 1. The lowest BCUT2D eigenvalue weighted by Crippen LogP contribution is -2.38. The lowest BCUT2D eigenvalue weighted by Gasteiger charge is -2.19. The summed E-state index contributed by atoms with van der Waals surface area (Å²) in [6.45, 7) is 2.15. The minimum Gasteiger partial charge on any atom is -0.615 e. The van der Waals surface area contributed by atoms with Crippen molar-refractivity contribution in [2.45, 2.75) is 37.7 Å². The minimum atomic E-state index is -1.16. The molecule has 0 bridgehead atoms. The molecule has 5 nitrogen and oxygen atoms in total. The molecule has 3 atom stereocenters. The second-order valence-electron chi connectivity index (χ2n) is 6.60. The maximum atomic E-state index is 11.7. The van der Waals surface area contributed by atoms with Crippen molar-refractivity contribution >= 4 is 23.3 Å². The van der Waals surface area contributed by atoms with Gasteiger partial charge in [0.2, 0.25) is 6.41 Å². The van der Waals surface area contributed by atoms with E-state index in [0.717, 1.165) is 23.3 Å². The van der Waals surface area contributed by atoms with Gasteiger partial charge < -0.3 is 14.7 Å². The van der Waals surface area contributed by atoms with E-state index >= 15 is 0 Å². The summed E-state index contributed by atoms with van der Waals surface area (Å²) in [5.41, 5.74) is 5.57. The third kappa shape index (κ3) is 4.90. The maximum Gasteiger partial charge on any atom is 0.210 e. The van der Waals surface area contributed by atoms with Crippen LogP contribution in [0.1, 0.15) is 30.9 Å². The zero-order chi connectivity index (χ0) is 19.2. The van der Waals surface area contributed by atoms with Crippen LogP contribution in [0.15, 0.2) is 53.7 Å². The summed E-state index contributed by atoms with van der Waals surface area (Å²) in [4.78, 5) is 16.1. The second-order valence-corrected chi connectivity index (χ2v) is 8.17. The molecule has 142 valence electrons. The molecule has 0 saturated heterocycles. The van der Waals surface area contributed by atoms with E-state index in [2.05, 4.69) is 53.8 Å². The number of carbonyl (C=O) groups is 1. The van der Waals surface area contributed by atoms with Crippen LogP contribution in [-0.4, -0.2) is 34.4 Å². The number of aryl methyl sites for hydroxylation is 1. The Morgan fingerprint density at radius 3 is 2.33 bits per heavy atom. The number of benzene rings is 2. The van der Waals surface area contributed by atoms with Gasteiger partial charge >= 0.3 is 0 Å². The highest BCUT2D eigenvalue weighted by molar-refractivity contribution is 7.91. The molecule has 1 aliphatic rings. The van der Waals surface area contributed by atoms with E-state index in [9.17, 15) is 9.35 Å². The molecule has 1 amide bonds. The predicted octanol–water partition coefficient (Wildman–Crippen LogP) is 3.25. The fourth-order valence-electron chi connectivity index (χ4n) is 3.13. The molecule has 3 rings (SSSR count). The number of nitrogens with zero attached hydrogens (tertiary/aromatic N) is 1. The summed E-state index contributed by atoms with van der Waals surface area (Å²) in [6, 6.07) is 16.9. The molecule has 0 spiro atoms. The van der Waals surface area contributed by atoms with E-state index < -0.39 is 16.5 Å². The number of hydrogen-bond donors (Lipinski definition) is 1. The first-order chi connectivity index (χ1) is 13.1. The predicted molar refractivity (Wildman–Crippen MR) is 109 cm³/mol. The van der Waals surface area contributed by atoms with Gasteiger partial charge in [-0.05, 0) is 39.9 Å². The monoisotopic (exact) mass is 384 g/mol. The number of rotatable bonds is 8. The summed E-state index contributed by atoms with van der Waals surface area (Å²) in [5, 5.41) is 6.35. The van der Waals surface area contributed by atoms with E-state index in [1.165, 1.54) is 11.1 Å². The van der Waals surface area contributed by atoms with Gasteiger partial charge in [-0.2, -0.15) is 0 Å². The molecule has 2 aromatic carbocycles. The van der Waals surface area contributed by atoms with Crippen LogP contribution in [0.3, 0.4) is 0 Å². The van der Waals surface area contributed by atoms with Crippen molar-refractivity contribution < 1.29 is 14.2 Å². The molecule has 0 fully saturated rings. The van der Waals surface area contributed by atoms with E-state index in [1.807, 2.05) is 12.1 Å². The van der Waals surface area contributed by atoms with Gasteiger partial charge in [-0.3, -0.25) is 4.79 Å². The molecular formula is C21H24N2O3S. The molecule has 3 unspecified atom stereocenters. The second kappa shape index (κ2) is 9.06. The van der Waals surface area contributed by atoms with Gasteiger partial charge in [-0.15, -0.1) is 0 Å². The Labute approximate surface area is 163 Å². The molecule has 1 N–H and O–H groups in total. The Bertz CT molecular complexity index is 788. The standard InChI is InChI=1S/C21H24N2O3S/c1-3-15-4-6-16(7-5-15)17-8-10-18(11-9-17)20-12-19(26-23-20)13-21(22-14-24)27(2)25/h4-11,14,19,21H,3,12-13H2,1-2H3,(H,22,24). The van der Waals surface area contributed by atoms with Crippen LogP contribution >= 0.6 is 0 Å². The van der Waals surface area contributed by atoms with Crippen molar-refractivity contribution in [1.82, 2.24) is 5.32 Å². The summed E-state index contributed by atoms with van der Waals surface area (Å²) in [7, 11) is 0. The average molecular weight is 385 g/mol. The zero-order valence-corrected chi connectivity index (χ0v) is 16.4. The molecule has 1 aliphatic heterocycles. The Morgan fingerprint density at radius 2 is 1.78 bits per heavy atom. The Kier molecular flexibility index (Phi) is 6.53. The molecule has 1 heterocycles. The van der Waals surface area contributed by atoms with Crippen LogP contribution in [0.5, 0.6) is 0 Å². The van der Waals surface area contributed by atoms with Crippen LogP contribution in [0.4, 0.5) is 0 Å². The number of hydrogen-bond acceptors (Lipinski definition) is 4. The molecular weight excluding hydrogens is 360 g/mol. The SMILES string of the molecule is CCc1ccc(-c2ccc(C3=NOC(CC(NC=O)[S+](C)[O-])C3)cc2)cc1. The van der Waals surface area contributed by atoms with E-state index in [4.69, 9.17) is 4.84 Å². The summed E-state index contributed by atoms with van der Waals surface area (Å²) >= 11 is -1.16. The summed E-state index contributed by atoms with van der Waals surface area (Å²) in [5.74, 6) is 0. The van der Waals surface area contributed by atoms with Gasteiger partial charge in [0, 0.05) is 6.42 Å². The van der Waals surface area contributed by atoms with Crippen molar-refractivity contribution in [1.29, 1.82) is 0 Å².